The molecule has 0 aliphatic heterocycles. The fourth-order valence-corrected chi connectivity index (χ4v) is 1.86. The van der Waals surface area contributed by atoms with Crippen LogP contribution in [0.3, 0.4) is 0 Å². The van der Waals surface area contributed by atoms with Crippen LogP contribution in [0.15, 0.2) is 0 Å². The molecule has 5 nitrogen and oxygen atoms in total. The van der Waals surface area contributed by atoms with Gasteiger partial charge in [-0.25, -0.2) is 0 Å². The Labute approximate surface area is 108 Å². The van der Waals surface area contributed by atoms with E-state index in [0.29, 0.717) is 6.42 Å². The summed E-state index contributed by atoms with van der Waals surface area (Å²) in [4.78, 5) is 10.8. The zero-order valence-corrected chi connectivity index (χ0v) is 11.7. The molecule has 18 heavy (non-hydrogen) atoms. The molecule has 0 bridgehead atoms. The van der Waals surface area contributed by atoms with Gasteiger partial charge < -0.3 is 10.8 Å². The number of hydrogen-bond acceptors (Lipinski definition) is 3. The first-order chi connectivity index (χ1) is 8.25. The highest BCUT2D eigenvalue weighted by molar-refractivity contribution is 5.77. The number of carbonyl (C=O) groups is 1. The Morgan fingerprint density at radius 2 is 2.00 bits per heavy atom. The molecule has 0 aromatic carbocycles. The van der Waals surface area contributed by atoms with E-state index in [1.807, 2.05) is 11.6 Å². The fraction of sp³-hybridized carbons (Fsp3) is 0.692. The number of carboxylic acids is 1. The predicted molar refractivity (Wildman–Crippen MR) is 70.5 cm³/mol. The molecular formula is C13H23N3O2. The van der Waals surface area contributed by atoms with Crippen LogP contribution in [0.25, 0.3) is 0 Å². The van der Waals surface area contributed by atoms with Crippen molar-refractivity contribution < 1.29 is 9.90 Å². The summed E-state index contributed by atoms with van der Waals surface area (Å²) in [5, 5.41) is 13.3. The van der Waals surface area contributed by atoms with Gasteiger partial charge in [-0.3, -0.25) is 9.48 Å². The first kappa shape index (κ1) is 14.7. The van der Waals surface area contributed by atoms with Gasteiger partial charge in [-0.1, -0.05) is 0 Å². The van der Waals surface area contributed by atoms with E-state index in [1.165, 1.54) is 11.3 Å². The van der Waals surface area contributed by atoms with Crippen molar-refractivity contribution >= 4 is 5.97 Å². The first-order valence-corrected chi connectivity index (χ1v) is 6.28. The van der Waals surface area contributed by atoms with Crippen molar-refractivity contribution in [2.24, 2.45) is 5.73 Å². The van der Waals surface area contributed by atoms with Crippen LogP contribution in [0.5, 0.6) is 0 Å². The predicted octanol–water partition coefficient (Wildman–Crippen LogP) is 1.78. The SMILES string of the molecule is Cc1nn(CCCCC(C)(N)C(=O)O)c(C)c1C. The molecular weight excluding hydrogens is 230 g/mol. The summed E-state index contributed by atoms with van der Waals surface area (Å²) in [6.07, 6.45) is 2.17. The topological polar surface area (TPSA) is 81.1 Å². The summed E-state index contributed by atoms with van der Waals surface area (Å²) in [6, 6.07) is 0. The summed E-state index contributed by atoms with van der Waals surface area (Å²) < 4.78 is 1.99. The minimum atomic E-state index is -1.12. The molecule has 1 atom stereocenters. The van der Waals surface area contributed by atoms with E-state index in [9.17, 15) is 4.79 Å². The van der Waals surface area contributed by atoms with Crippen molar-refractivity contribution in [2.45, 2.75) is 59.0 Å². The zero-order valence-electron chi connectivity index (χ0n) is 11.7. The monoisotopic (exact) mass is 253 g/mol. The number of hydrogen-bond donors (Lipinski definition) is 2. The van der Waals surface area contributed by atoms with Gasteiger partial charge in [0.25, 0.3) is 0 Å². The highest BCUT2D eigenvalue weighted by atomic mass is 16.4. The molecule has 1 aromatic rings. The minimum absolute atomic E-state index is 0.487. The lowest BCUT2D eigenvalue weighted by atomic mass is 9.96. The third kappa shape index (κ3) is 3.32. The Morgan fingerprint density at radius 1 is 1.39 bits per heavy atom. The summed E-state index contributed by atoms with van der Waals surface area (Å²) in [7, 11) is 0. The quantitative estimate of drug-likeness (QED) is 0.757. The highest BCUT2D eigenvalue weighted by Gasteiger charge is 2.26. The molecule has 0 fully saturated rings. The molecule has 0 aliphatic rings. The largest absolute Gasteiger partial charge is 0.480 e. The maximum Gasteiger partial charge on any atom is 0.323 e. The molecule has 0 spiro atoms. The van der Waals surface area contributed by atoms with E-state index in [1.54, 1.807) is 6.92 Å². The number of aromatic nitrogens is 2. The van der Waals surface area contributed by atoms with Crippen molar-refractivity contribution in [3.05, 3.63) is 17.0 Å². The van der Waals surface area contributed by atoms with E-state index >= 15 is 0 Å². The van der Waals surface area contributed by atoms with Crippen LogP contribution in [0, 0.1) is 20.8 Å². The van der Waals surface area contributed by atoms with Gasteiger partial charge in [0.1, 0.15) is 5.54 Å². The maximum atomic E-state index is 10.8. The van der Waals surface area contributed by atoms with E-state index in [4.69, 9.17) is 10.8 Å². The van der Waals surface area contributed by atoms with Crippen LogP contribution in [-0.2, 0) is 11.3 Å². The lowest BCUT2D eigenvalue weighted by molar-refractivity contribution is -0.142. The molecule has 0 saturated heterocycles. The third-order valence-corrected chi connectivity index (χ3v) is 3.55. The molecule has 1 heterocycles. The molecule has 0 amide bonds. The first-order valence-electron chi connectivity index (χ1n) is 6.28. The number of carboxylic acid groups (broad SMARTS) is 1. The number of nitrogens with zero attached hydrogens (tertiary/aromatic N) is 2. The van der Waals surface area contributed by atoms with Crippen molar-refractivity contribution in [3.8, 4) is 0 Å². The Morgan fingerprint density at radius 3 is 2.44 bits per heavy atom. The van der Waals surface area contributed by atoms with Crippen LogP contribution in [0.1, 0.15) is 43.1 Å². The smallest absolute Gasteiger partial charge is 0.323 e. The van der Waals surface area contributed by atoms with Crippen LogP contribution in [0.4, 0.5) is 0 Å². The molecule has 0 radical (unpaired) electrons. The lowest BCUT2D eigenvalue weighted by Crippen LogP contribution is -2.44. The molecule has 1 rings (SSSR count). The van der Waals surface area contributed by atoms with Gasteiger partial charge in [-0.05, 0) is 52.5 Å². The summed E-state index contributed by atoms with van der Waals surface area (Å²) in [6.45, 7) is 8.49. The number of aliphatic carboxylic acids is 1. The molecule has 3 N–H and O–H groups in total. The van der Waals surface area contributed by atoms with Gasteiger partial charge in [-0.15, -0.1) is 0 Å². The van der Waals surface area contributed by atoms with Crippen molar-refractivity contribution in [1.29, 1.82) is 0 Å². The Kier molecular flexibility index (Phi) is 4.51. The lowest BCUT2D eigenvalue weighted by Gasteiger charge is -2.18. The Balaban J connectivity index is 2.43. The average Bonchev–Trinajstić information content (AvgIpc) is 2.52. The van der Waals surface area contributed by atoms with Gasteiger partial charge in [0.05, 0.1) is 5.69 Å². The highest BCUT2D eigenvalue weighted by Crippen LogP contribution is 2.14. The zero-order chi connectivity index (χ0) is 13.9. The summed E-state index contributed by atoms with van der Waals surface area (Å²) in [5.41, 5.74) is 8.02. The summed E-state index contributed by atoms with van der Waals surface area (Å²) >= 11 is 0. The Bertz CT molecular complexity index is 436. The van der Waals surface area contributed by atoms with Gasteiger partial charge in [0.2, 0.25) is 0 Å². The van der Waals surface area contributed by atoms with E-state index in [2.05, 4.69) is 18.9 Å². The van der Waals surface area contributed by atoms with Crippen LogP contribution in [0.2, 0.25) is 0 Å². The second-order valence-corrected chi connectivity index (χ2v) is 5.20. The maximum absolute atomic E-state index is 10.8. The summed E-state index contributed by atoms with van der Waals surface area (Å²) in [5.74, 6) is -0.940. The standard InChI is InChI=1S/C13H23N3O2/c1-9-10(2)15-16(11(9)3)8-6-5-7-13(4,14)12(17)18/h5-8,14H2,1-4H3,(H,17,18). The van der Waals surface area contributed by atoms with E-state index in [0.717, 1.165) is 25.1 Å². The molecule has 0 aliphatic carbocycles. The average molecular weight is 253 g/mol. The van der Waals surface area contributed by atoms with Crippen molar-refractivity contribution in [1.82, 2.24) is 9.78 Å². The van der Waals surface area contributed by atoms with Crippen molar-refractivity contribution in [3.63, 3.8) is 0 Å². The van der Waals surface area contributed by atoms with E-state index < -0.39 is 11.5 Å². The molecule has 1 aromatic heterocycles. The molecule has 5 heteroatoms. The number of unbranched alkanes of at least 4 members (excludes halogenated alkanes) is 1. The molecule has 1 unspecified atom stereocenters. The minimum Gasteiger partial charge on any atom is -0.480 e. The Hall–Kier alpha value is -1.36. The van der Waals surface area contributed by atoms with Crippen molar-refractivity contribution in [2.75, 3.05) is 0 Å². The van der Waals surface area contributed by atoms with Crippen LogP contribution >= 0.6 is 0 Å². The van der Waals surface area contributed by atoms with Crippen LogP contribution in [-0.4, -0.2) is 26.4 Å². The molecule has 102 valence electrons. The second kappa shape index (κ2) is 5.52. The number of rotatable bonds is 6. The third-order valence-electron chi connectivity index (χ3n) is 3.55. The number of nitrogens with two attached hydrogens (primary N) is 1. The van der Waals surface area contributed by atoms with E-state index in [-0.39, 0.29) is 0 Å². The molecule has 0 saturated carbocycles. The van der Waals surface area contributed by atoms with Gasteiger partial charge in [-0.2, -0.15) is 5.10 Å². The second-order valence-electron chi connectivity index (χ2n) is 5.20. The van der Waals surface area contributed by atoms with Gasteiger partial charge >= 0.3 is 5.97 Å². The normalized spacial score (nSPS) is 14.5. The fourth-order valence-electron chi connectivity index (χ4n) is 1.86. The van der Waals surface area contributed by atoms with Gasteiger partial charge in [0.15, 0.2) is 0 Å². The number of aryl methyl sites for hydroxylation is 2. The van der Waals surface area contributed by atoms with Crippen LogP contribution < -0.4 is 5.73 Å². The van der Waals surface area contributed by atoms with Gasteiger partial charge in [0, 0.05) is 12.2 Å².